The molecule has 0 fully saturated rings. The standard InChI is InChI=1S/C23H22N4OS2/c1-15-7-8-19-17(11-15)12-18(13-24)22(25-19)29-10-9-21(28)27-23-26-20(14-30-23)16-5-3-2-4-6-16/h2-6,12,14-15H,7-11H2,1H3,(H,26,27,28). The second kappa shape index (κ2) is 9.41. The Morgan fingerprint density at radius 3 is 2.97 bits per heavy atom. The quantitative estimate of drug-likeness (QED) is 0.531. The molecule has 1 amide bonds. The number of anilines is 1. The van der Waals surface area contributed by atoms with Crippen LogP contribution in [0.4, 0.5) is 5.13 Å². The molecule has 0 aliphatic heterocycles. The number of thiazole rings is 1. The highest BCUT2D eigenvalue weighted by Crippen LogP contribution is 2.30. The molecule has 152 valence electrons. The predicted molar refractivity (Wildman–Crippen MR) is 122 cm³/mol. The fraction of sp³-hybridized carbons (Fsp3) is 0.304. The van der Waals surface area contributed by atoms with Crippen LogP contribution in [-0.4, -0.2) is 21.6 Å². The first-order chi connectivity index (χ1) is 14.6. The summed E-state index contributed by atoms with van der Waals surface area (Å²) in [6.07, 6.45) is 3.43. The van der Waals surface area contributed by atoms with Crippen LogP contribution in [0.15, 0.2) is 46.8 Å². The molecule has 1 unspecified atom stereocenters. The van der Waals surface area contributed by atoms with E-state index in [1.54, 1.807) is 0 Å². The third-order valence-corrected chi connectivity index (χ3v) is 6.86. The van der Waals surface area contributed by atoms with Gasteiger partial charge in [-0.3, -0.25) is 4.79 Å². The minimum Gasteiger partial charge on any atom is -0.302 e. The third-order valence-electron chi connectivity index (χ3n) is 5.11. The predicted octanol–water partition coefficient (Wildman–Crippen LogP) is 5.32. The Morgan fingerprint density at radius 2 is 2.17 bits per heavy atom. The SMILES string of the molecule is CC1CCc2nc(SCCC(=O)Nc3nc(-c4ccccc4)cs3)c(C#N)cc2C1. The molecule has 0 spiro atoms. The molecule has 2 heterocycles. The maximum Gasteiger partial charge on any atom is 0.226 e. The van der Waals surface area contributed by atoms with Gasteiger partial charge in [0.1, 0.15) is 11.1 Å². The lowest BCUT2D eigenvalue weighted by molar-refractivity contribution is -0.115. The van der Waals surface area contributed by atoms with Crippen LogP contribution in [0.3, 0.4) is 0 Å². The summed E-state index contributed by atoms with van der Waals surface area (Å²) >= 11 is 2.89. The molecule has 0 saturated carbocycles. The van der Waals surface area contributed by atoms with Gasteiger partial charge in [0.2, 0.25) is 5.91 Å². The van der Waals surface area contributed by atoms with Crippen LogP contribution < -0.4 is 5.32 Å². The van der Waals surface area contributed by atoms with Gasteiger partial charge in [-0.2, -0.15) is 5.26 Å². The summed E-state index contributed by atoms with van der Waals surface area (Å²) in [6.45, 7) is 2.24. The van der Waals surface area contributed by atoms with Crippen molar-refractivity contribution in [3.8, 4) is 17.3 Å². The van der Waals surface area contributed by atoms with Gasteiger partial charge in [-0.05, 0) is 36.8 Å². The van der Waals surface area contributed by atoms with E-state index in [9.17, 15) is 10.1 Å². The Kier molecular flexibility index (Phi) is 6.46. The molecule has 3 aromatic rings. The van der Waals surface area contributed by atoms with Gasteiger partial charge in [-0.1, -0.05) is 37.3 Å². The van der Waals surface area contributed by atoms with Crippen molar-refractivity contribution in [1.29, 1.82) is 5.26 Å². The number of benzene rings is 1. The summed E-state index contributed by atoms with van der Waals surface area (Å²) in [6, 6.07) is 14.1. The van der Waals surface area contributed by atoms with Crippen LogP contribution >= 0.6 is 23.1 Å². The third kappa shape index (κ3) is 4.89. The lowest BCUT2D eigenvalue weighted by Gasteiger charge is -2.21. The molecular formula is C23H22N4OS2. The van der Waals surface area contributed by atoms with Gasteiger partial charge in [0.05, 0.1) is 11.3 Å². The van der Waals surface area contributed by atoms with E-state index >= 15 is 0 Å². The highest BCUT2D eigenvalue weighted by molar-refractivity contribution is 7.99. The Hall–Kier alpha value is -2.69. The summed E-state index contributed by atoms with van der Waals surface area (Å²) in [7, 11) is 0. The molecule has 1 aliphatic rings. The number of thioether (sulfide) groups is 1. The zero-order valence-electron chi connectivity index (χ0n) is 16.7. The maximum atomic E-state index is 12.3. The van der Waals surface area contributed by atoms with Crippen molar-refractivity contribution in [1.82, 2.24) is 9.97 Å². The molecule has 1 aliphatic carbocycles. The molecule has 0 bridgehead atoms. The summed E-state index contributed by atoms with van der Waals surface area (Å²) in [5.74, 6) is 1.13. The van der Waals surface area contributed by atoms with Gasteiger partial charge in [0.25, 0.3) is 0 Å². The monoisotopic (exact) mass is 434 g/mol. The first kappa shape index (κ1) is 20.6. The van der Waals surface area contributed by atoms with Crippen molar-refractivity contribution in [2.75, 3.05) is 11.1 Å². The number of hydrogen-bond acceptors (Lipinski definition) is 6. The van der Waals surface area contributed by atoms with Crippen molar-refractivity contribution in [3.63, 3.8) is 0 Å². The average molecular weight is 435 g/mol. The molecule has 1 aromatic carbocycles. The number of amides is 1. The van der Waals surface area contributed by atoms with Gasteiger partial charge in [-0.25, -0.2) is 9.97 Å². The number of aryl methyl sites for hydroxylation is 1. The number of rotatable bonds is 6. The summed E-state index contributed by atoms with van der Waals surface area (Å²) in [4.78, 5) is 21.6. The molecule has 0 saturated heterocycles. The van der Waals surface area contributed by atoms with Crippen molar-refractivity contribution in [2.24, 2.45) is 5.92 Å². The maximum absolute atomic E-state index is 12.3. The van der Waals surface area contributed by atoms with E-state index in [0.717, 1.165) is 41.2 Å². The van der Waals surface area contributed by atoms with Gasteiger partial charge >= 0.3 is 0 Å². The lowest BCUT2D eigenvalue weighted by atomic mass is 9.87. The van der Waals surface area contributed by atoms with Crippen LogP contribution in [0, 0.1) is 17.2 Å². The highest BCUT2D eigenvalue weighted by Gasteiger charge is 2.19. The number of carbonyl (C=O) groups excluding carboxylic acids is 1. The van der Waals surface area contributed by atoms with Gasteiger partial charge in [-0.15, -0.1) is 23.1 Å². The van der Waals surface area contributed by atoms with E-state index < -0.39 is 0 Å². The molecule has 5 nitrogen and oxygen atoms in total. The van der Waals surface area contributed by atoms with E-state index in [2.05, 4.69) is 23.3 Å². The molecule has 0 radical (unpaired) electrons. The molecule has 30 heavy (non-hydrogen) atoms. The zero-order valence-corrected chi connectivity index (χ0v) is 18.4. The summed E-state index contributed by atoms with van der Waals surface area (Å²) < 4.78 is 0. The number of nitrogens with one attached hydrogen (secondary N) is 1. The highest BCUT2D eigenvalue weighted by atomic mass is 32.2. The molecule has 1 atom stereocenters. The summed E-state index contributed by atoms with van der Waals surface area (Å²) in [5.41, 5.74) is 4.81. The number of hydrogen-bond donors (Lipinski definition) is 1. The normalized spacial score (nSPS) is 15.3. The van der Waals surface area contributed by atoms with Crippen LogP contribution in [0.5, 0.6) is 0 Å². The van der Waals surface area contributed by atoms with Crippen LogP contribution in [-0.2, 0) is 17.6 Å². The zero-order chi connectivity index (χ0) is 20.9. The molecular weight excluding hydrogens is 412 g/mol. The van der Waals surface area contributed by atoms with E-state index in [-0.39, 0.29) is 5.91 Å². The van der Waals surface area contributed by atoms with E-state index in [1.165, 1.54) is 28.7 Å². The van der Waals surface area contributed by atoms with Crippen LogP contribution in [0.1, 0.15) is 36.6 Å². The Labute approximate surface area is 184 Å². The Bertz CT molecular complexity index is 1090. The topological polar surface area (TPSA) is 78.7 Å². The van der Waals surface area contributed by atoms with Crippen LogP contribution in [0.25, 0.3) is 11.3 Å². The second-order valence-corrected chi connectivity index (χ2v) is 9.40. The number of fused-ring (bicyclic) bond motifs is 1. The number of carbonyl (C=O) groups is 1. The fourth-order valence-corrected chi connectivity index (χ4v) is 5.16. The Balaban J connectivity index is 1.33. The second-order valence-electron chi connectivity index (χ2n) is 7.46. The first-order valence-electron chi connectivity index (χ1n) is 9.99. The van der Waals surface area contributed by atoms with Crippen molar-refractivity contribution < 1.29 is 4.79 Å². The van der Waals surface area contributed by atoms with E-state index in [1.807, 2.05) is 41.8 Å². The molecule has 4 rings (SSSR count). The van der Waals surface area contributed by atoms with E-state index in [4.69, 9.17) is 4.98 Å². The average Bonchev–Trinajstić information content (AvgIpc) is 3.22. The minimum atomic E-state index is -0.0817. The van der Waals surface area contributed by atoms with Crippen molar-refractivity contribution in [2.45, 2.75) is 37.6 Å². The number of nitriles is 1. The van der Waals surface area contributed by atoms with Gasteiger partial charge in [0, 0.05) is 28.8 Å². The van der Waals surface area contributed by atoms with Gasteiger partial charge in [0.15, 0.2) is 5.13 Å². The number of pyridine rings is 1. The number of aromatic nitrogens is 2. The minimum absolute atomic E-state index is 0.0817. The molecule has 2 aromatic heterocycles. The fourth-order valence-electron chi connectivity index (χ4n) is 3.51. The molecule has 1 N–H and O–H groups in total. The molecule has 7 heteroatoms. The van der Waals surface area contributed by atoms with Crippen molar-refractivity contribution >= 4 is 34.1 Å². The summed E-state index contributed by atoms with van der Waals surface area (Å²) in [5, 5.41) is 15.6. The smallest absolute Gasteiger partial charge is 0.226 e. The lowest BCUT2D eigenvalue weighted by Crippen LogP contribution is -2.14. The number of nitrogens with zero attached hydrogens (tertiary/aromatic N) is 3. The Morgan fingerprint density at radius 1 is 1.33 bits per heavy atom. The van der Waals surface area contributed by atoms with Gasteiger partial charge < -0.3 is 5.32 Å². The largest absolute Gasteiger partial charge is 0.302 e. The van der Waals surface area contributed by atoms with Crippen molar-refractivity contribution in [3.05, 3.63) is 58.6 Å². The first-order valence-corrected chi connectivity index (χ1v) is 11.9. The van der Waals surface area contributed by atoms with E-state index in [0.29, 0.717) is 28.8 Å². The van der Waals surface area contributed by atoms with Crippen LogP contribution in [0.2, 0.25) is 0 Å².